The van der Waals surface area contributed by atoms with Crippen molar-refractivity contribution in [2.24, 2.45) is 0 Å². The molecule has 3 aromatic carbocycles. The van der Waals surface area contributed by atoms with Crippen molar-refractivity contribution in [1.82, 2.24) is 10.2 Å². The van der Waals surface area contributed by atoms with Crippen molar-refractivity contribution in [2.45, 2.75) is 72.1 Å². The number of carbonyl (C=O) groups is 3. The molecule has 0 radical (unpaired) electrons. The molecule has 0 fully saturated rings. The normalized spacial score (nSPS) is 12.6. The third kappa shape index (κ3) is 8.83. The fourth-order valence-electron chi connectivity index (χ4n) is 4.51. The fourth-order valence-corrected chi connectivity index (χ4v) is 4.51. The van der Waals surface area contributed by atoms with Gasteiger partial charge in [0, 0.05) is 18.7 Å². The van der Waals surface area contributed by atoms with Gasteiger partial charge < -0.3 is 25.4 Å². The monoisotopic (exact) mass is 559 g/mol. The number of nitrogens with one attached hydrogen (secondary N) is 2. The third-order valence-electron chi connectivity index (χ3n) is 6.66. The number of benzene rings is 3. The number of hydrogen-bond acceptors (Lipinski definition) is 5. The number of rotatable bonds is 10. The molecule has 2 unspecified atom stereocenters. The SMILES string of the molecule is CCc1ccc(C(C(=O)Nc2ccccc2C)N(CC)C(=O)C(Cc2ccc(O)cc2)NC(=O)OC(C)(C)C)cc1. The number of amides is 3. The summed E-state index contributed by atoms with van der Waals surface area (Å²) in [5.74, 6) is -0.703. The molecule has 0 aliphatic rings. The van der Waals surface area contributed by atoms with E-state index in [9.17, 15) is 19.5 Å². The van der Waals surface area contributed by atoms with Crippen molar-refractivity contribution < 1.29 is 24.2 Å². The van der Waals surface area contributed by atoms with Gasteiger partial charge in [0.2, 0.25) is 5.91 Å². The van der Waals surface area contributed by atoms with Crippen LogP contribution in [0.15, 0.2) is 72.8 Å². The number of ether oxygens (including phenoxy) is 1. The van der Waals surface area contributed by atoms with Crippen molar-refractivity contribution in [2.75, 3.05) is 11.9 Å². The van der Waals surface area contributed by atoms with E-state index < -0.39 is 29.7 Å². The van der Waals surface area contributed by atoms with E-state index in [4.69, 9.17) is 4.74 Å². The molecule has 0 saturated carbocycles. The second-order valence-electron chi connectivity index (χ2n) is 11.0. The van der Waals surface area contributed by atoms with Gasteiger partial charge in [-0.25, -0.2) is 4.79 Å². The number of para-hydroxylation sites is 1. The first-order valence-corrected chi connectivity index (χ1v) is 13.9. The van der Waals surface area contributed by atoms with E-state index in [1.165, 1.54) is 17.0 Å². The molecule has 0 heterocycles. The molecule has 41 heavy (non-hydrogen) atoms. The lowest BCUT2D eigenvalue weighted by Crippen LogP contribution is -2.53. The molecule has 3 N–H and O–H groups in total. The van der Waals surface area contributed by atoms with Gasteiger partial charge >= 0.3 is 6.09 Å². The molecule has 2 atom stereocenters. The number of hydrogen-bond donors (Lipinski definition) is 3. The zero-order valence-electron chi connectivity index (χ0n) is 24.7. The maximum atomic E-state index is 14.2. The molecule has 8 heteroatoms. The summed E-state index contributed by atoms with van der Waals surface area (Å²) >= 11 is 0. The van der Waals surface area contributed by atoms with Crippen molar-refractivity contribution >= 4 is 23.6 Å². The highest BCUT2D eigenvalue weighted by atomic mass is 16.6. The standard InChI is InChI=1S/C33H41N3O5/c1-7-23-13-17-25(18-14-23)29(30(38)34-27-12-10-9-11-22(27)3)36(8-2)31(39)28(35-32(40)41-33(4,5)6)21-24-15-19-26(37)20-16-24/h9-20,28-29,37H,7-8,21H2,1-6H3,(H,34,38)(H,35,40). The Labute approximate surface area is 242 Å². The molecular weight excluding hydrogens is 518 g/mol. The van der Waals surface area contributed by atoms with E-state index in [2.05, 4.69) is 17.6 Å². The molecular formula is C33H41N3O5. The first-order chi connectivity index (χ1) is 19.4. The van der Waals surface area contributed by atoms with E-state index in [1.54, 1.807) is 39.8 Å². The predicted molar refractivity (Wildman–Crippen MR) is 161 cm³/mol. The van der Waals surface area contributed by atoms with Gasteiger partial charge in [-0.2, -0.15) is 0 Å². The molecule has 3 rings (SSSR count). The number of alkyl carbamates (subject to hydrolysis) is 1. The average Bonchev–Trinajstić information content (AvgIpc) is 2.92. The Bertz CT molecular complexity index is 1330. The molecule has 3 aromatic rings. The fraction of sp³-hybridized carbons (Fsp3) is 0.364. The number of aryl methyl sites for hydroxylation is 2. The lowest BCUT2D eigenvalue weighted by atomic mass is 9.99. The first kappa shape index (κ1) is 31.2. The van der Waals surface area contributed by atoms with Crippen LogP contribution in [0.5, 0.6) is 5.75 Å². The van der Waals surface area contributed by atoms with Crippen LogP contribution in [0.25, 0.3) is 0 Å². The second kappa shape index (κ2) is 13.8. The number of nitrogens with zero attached hydrogens (tertiary/aromatic N) is 1. The summed E-state index contributed by atoms with van der Waals surface area (Å²) in [6.45, 7) is 11.2. The van der Waals surface area contributed by atoms with Gasteiger partial charge in [0.05, 0.1) is 0 Å². The number of carbonyl (C=O) groups excluding carboxylic acids is 3. The van der Waals surface area contributed by atoms with Crippen LogP contribution in [-0.2, 0) is 27.2 Å². The van der Waals surface area contributed by atoms with E-state index in [0.717, 1.165) is 23.1 Å². The number of phenols is 1. The summed E-state index contributed by atoms with van der Waals surface area (Å²) in [6, 6.07) is 19.5. The highest BCUT2D eigenvalue weighted by Crippen LogP contribution is 2.26. The summed E-state index contributed by atoms with van der Waals surface area (Å²) in [5, 5.41) is 15.5. The largest absolute Gasteiger partial charge is 0.508 e. The lowest BCUT2D eigenvalue weighted by Gasteiger charge is -2.34. The quantitative estimate of drug-likeness (QED) is 0.286. The Morgan fingerprint density at radius 1 is 0.902 bits per heavy atom. The summed E-state index contributed by atoms with van der Waals surface area (Å²) < 4.78 is 5.46. The summed E-state index contributed by atoms with van der Waals surface area (Å²) in [5.41, 5.74) is 3.27. The Kier molecular flexibility index (Phi) is 10.5. The molecule has 0 aliphatic carbocycles. The Morgan fingerprint density at radius 3 is 2.07 bits per heavy atom. The van der Waals surface area contributed by atoms with Crippen molar-refractivity contribution in [3.63, 3.8) is 0 Å². The Hall–Kier alpha value is -4.33. The van der Waals surface area contributed by atoms with Crippen molar-refractivity contribution in [1.29, 1.82) is 0 Å². The van der Waals surface area contributed by atoms with E-state index in [-0.39, 0.29) is 24.6 Å². The number of aromatic hydroxyl groups is 1. The first-order valence-electron chi connectivity index (χ1n) is 13.9. The molecule has 0 aromatic heterocycles. The predicted octanol–water partition coefficient (Wildman–Crippen LogP) is 5.93. The Balaban J connectivity index is 2.01. The average molecular weight is 560 g/mol. The Morgan fingerprint density at radius 2 is 1.51 bits per heavy atom. The van der Waals surface area contributed by atoms with Gasteiger partial charge in [-0.3, -0.25) is 9.59 Å². The second-order valence-corrected chi connectivity index (χ2v) is 11.0. The van der Waals surface area contributed by atoms with Crippen LogP contribution in [0, 0.1) is 6.92 Å². The van der Waals surface area contributed by atoms with Gasteiger partial charge in [0.25, 0.3) is 5.91 Å². The van der Waals surface area contributed by atoms with E-state index in [0.29, 0.717) is 11.3 Å². The smallest absolute Gasteiger partial charge is 0.408 e. The summed E-state index contributed by atoms with van der Waals surface area (Å²) in [6.07, 6.45) is 0.236. The van der Waals surface area contributed by atoms with Crippen LogP contribution in [0.2, 0.25) is 0 Å². The minimum atomic E-state index is -1.03. The molecule has 8 nitrogen and oxygen atoms in total. The maximum absolute atomic E-state index is 14.2. The zero-order valence-corrected chi connectivity index (χ0v) is 24.7. The number of likely N-dealkylation sites (N-methyl/N-ethyl adjacent to an activating group) is 1. The van der Waals surface area contributed by atoms with E-state index in [1.807, 2.05) is 55.5 Å². The molecule has 0 bridgehead atoms. The summed E-state index contributed by atoms with van der Waals surface area (Å²) in [4.78, 5) is 42.5. The maximum Gasteiger partial charge on any atom is 0.408 e. The highest BCUT2D eigenvalue weighted by Gasteiger charge is 2.36. The molecule has 0 aliphatic heterocycles. The topological polar surface area (TPSA) is 108 Å². The zero-order chi connectivity index (χ0) is 30.2. The van der Waals surface area contributed by atoms with Crippen LogP contribution < -0.4 is 10.6 Å². The van der Waals surface area contributed by atoms with E-state index >= 15 is 0 Å². The van der Waals surface area contributed by atoms with Gasteiger partial charge in [0.15, 0.2) is 0 Å². The van der Waals surface area contributed by atoms with Crippen molar-refractivity contribution in [3.05, 3.63) is 95.1 Å². The minimum Gasteiger partial charge on any atom is -0.508 e. The molecule has 218 valence electrons. The minimum absolute atomic E-state index is 0.0929. The molecule has 0 saturated heterocycles. The van der Waals surface area contributed by atoms with Crippen LogP contribution in [-0.4, -0.2) is 46.1 Å². The van der Waals surface area contributed by atoms with Gasteiger partial charge in [0.1, 0.15) is 23.4 Å². The number of phenolic OH excluding ortho intramolecular Hbond substituents is 1. The van der Waals surface area contributed by atoms with Crippen LogP contribution in [0.3, 0.4) is 0 Å². The van der Waals surface area contributed by atoms with Crippen LogP contribution in [0.4, 0.5) is 10.5 Å². The molecule has 0 spiro atoms. The van der Waals surface area contributed by atoms with Gasteiger partial charge in [-0.1, -0.05) is 61.5 Å². The van der Waals surface area contributed by atoms with Crippen molar-refractivity contribution in [3.8, 4) is 5.75 Å². The van der Waals surface area contributed by atoms with Crippen LogP contribution in [0.1, 0.15) is 62.9 Å². The molecule has 3 amide bonds. The third-order valence-corrected chi connectivity index (χ3v) is 6.66. The highest BCUT2D eigenvalue weighted by molar-refractivity contribution is 5.99. The van der Waals surface area contributed by atoms with Gasteiger partial charge in [-0.15, -0.1) is 0 Å². The summed E-state index contributed by atoms with van der Waals surface area (Å²) in [7, 11) is 0. The number of anilines is 1. The van der Waals surface area contributed by atoms with Gasteiger partial charge in [-0.05, 0) is 81.5 Å². The lowest BCUT2D eigenvalue weighted by molar-refractivity contribution is -0.140. The van der Waals surface area contributed by atoms with Crippen LogP contribution >= 0.6 is 0 Å².